The zero-order chi connectivity index (χ0) is 15.2. The van der Waals surface area contributed by atoms with Crippen LogP contribution in [0.15, 0.2) is 29.2 Å². The molecule has 0 heterocycles. The van der Waals surface area contributed by atoms with E-state index >= 15 is 0 Å². The van der Waals surface area contributed by atoms with Crippen LogP contribution in [0.2, 0.25) is 0 Å². The van der Waals surface area contributed by atoms with Gasteiger partial charge in [0.05, 0.1) is 17.6 Å². The summed E-state index contributed by atoms with van der Waals surface area (Å²) >= 11 is 0. The van der Waals surface area contributed by atoms with E-state index in [1.165, 1.54) is 4.31 Å². The summed E-state index contributed by atoms with van der Waals surface area (Å²) in [6, 6.07) is 6.92. The molecule has 0 amide bonds. The largest absolute Gasteiger partial charge is 0.377 e. The van der Waals surface area contributed by atoms with Gasteiger partial charge in [0.25, 0.3) is 0 Å². The highest BCUT2D eigenvalue weighted by Gasteiger charge is 2.20. The van der Waals surface area contributed by atoms with Crippen molar-refractivity contribution < 1.29 is 13.2 Å². The Morgan fingerprint density at radius 1 is 1.25 bits per heavy atom. The molecule has 1 rings (SSSR count). The van der Waals surface area contributed by atoms with Crippen LogP contribution in [-0.2, 0) is 21.3 Å². The van der Waals surface area contributed by atoms with Gasteiger partial charge < -0.3 is 10.1 Å². The maximum absolute atomic E-state index is 12.3. The molecule has 0 saturated carbocycles. The Morgan fingerprint density at radius 3 is 2.35 bits per heavy atom. The van der Waals surface area contributed by atoms with Gasteiger partial charge in [0.15, 0.2) is 0 Å². The van der Waals surface area contributed by atoms with Crippen LogP contribution in [0.5, 0.6) is 0 Å². The zero-order valence-electron chi connectivity index (χ0n) is 12.6. The van der Waals surface area contributed by atoms with E-state index in [1.807, 2.05) is 33.0 Å². The van der Waals surface area contributed by atoms with E-state index < -0.39 is 10.0 Å². The monoisotopic (exact) mass is 300 g/mol. The van der Waals surface area contributed by atoms with Crippen LogP contribution < -0.4 is 5.32 Å². The van der Waals surface area contributed by atoms with Crippen LogP contribution >= 0.6 is 0 Å². The molecular weight excluding hydrogens is 276 g/mol. The van der Waals surface area contributed by atoms with Crippen LogP contribution in [0.3, 0.4) is 0 Å². The third kappa shape index (κ3) is 4.86. The Kier molecular flexibility index (Phi) is 6.61. The molecule has 0 fully saturated rings. The number of likely N-dealkylation sites (N-methyl/N-ethyl adjacent to an activating group) is 1. The van der Waals surface area contributed by atoms with Gasteiger partial charge in [0.1, 0.15) is 0 Å². The van der Waals surface area contributed by atoms with Gasteiger partial charge in [-0.3, -0.25) is 0 Å². The molecule has 5 nitrogen and oxygen atoms in total. The lowest BCUT2D eigenvalue weighted by molar-refractivity contribution is 0.0737. The van der Waals surface area contributed by atoms with E-state index in [0.717, 1.165) is 12.1 Å². The number of nitrogens with zero attached hydrogens (tertiary/aromatic N) is 1. The summed E-state index contributed by atoms with van der Waals surface area (Å²) < 4.78 is 31.4. The number of rotatable bonds is 8. The predicted molar refractivity (Wildman–Crippen MR) is 80.1 cm³/mol. The van der Waals surface area contributed by atoms with E-state index in [1.54, 1.807) is 19.2 Å². The molecule has 0 bridgehead atoms. The van der Waals surface area contributed by atoms with Gasteiger partial charge in [-0.2, -0.15) is 4.31 Å². The SMILES string of the molecule is CNCc1ccc(S(=O)(=O)N(C)CCOC(C)C)cc1. The van der Waals surface area contributed by atoms with Crippen molar-refractivity contribution in [3.63, 3.8) is 0 Å². The van der Waals surface area contributed by atoms with Crippen LogP contribution in [-0.4, -0.2) is 46.1 Å². The third-order valence-corrected chi connectivity index (χ3v) is 4.74. The molecule has 0 aliphatic heterocycles. The van der Waals surface area contributed by atoms with Crippen LogP contribution in [0.1, 0.15) is 19.4 Å². The first-order valence-electron chi connectivity index (χ1n) is 6.69. The van der Waals surface area contributed by atoms with E-state index in [4.69, 9.17) is 4.74 Å². The summed E-state index contributed by atoms with van der Waals surface area (Å²) in [5.74, 6) is 0. The minimum absolute atomic E-state index is 0.104. The lowest BCUT2D eigenvalue weighted by Crippen LogP contribution is -2.30. The molecular formula is C14H24N2O3S. The van der Waals surface area contributed by atoms with Crippen LogP contribution in [0.4, 0.5) is 0 Å². The summed E-state index contributed by atoms with van der Waals surface area (Å²) in [5.41, 5.74) is 1.05. The summed E-state index contributed by atoms with van der Waals surface area (Å²) in [4.78, 5) is 0.310. The lowest BCUT2D eigenvalue weighted by atomic mass is 10.2. The molecule has 0 saturated heterocycles. The number of hydrogen-bond donors (Lipinski definition) is 1. The fourth-order valence-corrected chi connectivity index (χ4v) is 2.86. The van der Waals surface area contributed by atoms with E-state index in [2.05, 4.69) is 5.32 Å². The van der Waals surface area contributed by atoms with Crippen molar-refractivity contribution in [1.82, 2.24) is 9.62 Å². The first-order valence-corrected chi connectivity index (χ1v) is 8.13. The summed E-state index contributed by atoms with van der Waals surface area (Å²) in [6.45, 7) is 5.31. The molecule has 0 unspecified atom stereocenters. The molecule has 0 radical (unpaired) electrons. The zero-order valence-corrected chi connectivity index (χ0v) is 13.4. The second-order valence-electron chi connectivity index (χ2n) is 4.92. The van der Waals surface area contributed by atoms with E-state index in [-0.39, 0.29) is 6.10 Å². The number of benzene rings is 1. The highest BCUT2D eigenvalue weighted by Crippen LogP contribution is 2.15. The van der Waals surface area contributed by atoms with Crippen LogP contribution in [0, 0.1) is 0 Å². The third-order valence-electron chi connectivity index (χ3n) is 2.87. The normalized spacial score (nSPS) is 12.3. The Balaban J connectivity index is 2.71. The molecule has 20 heavy (non-hydrogen) atoms. The molecule has 0 aliphatic rings. The molecule has 1 aromatic rings. The van der Waals surface area contributed by atoms with Gasteiger partial charge in [-0.1, -0.05) is 12.1 Å². The van der Waals surface area contributed by atoms with Gasteiger partial charge >= 0.3 is 0 Å². The van der Waals surface area contributed by atoms with Crippen molar-refractivity contribution in [3.05, 3.63) is 29.8 Å². The first-order chi connectivity index (χ1) is 9.37. The average molecular weight is 300 g/mol. The highest BCUT2D eigenvalue weighted by atomic mass is 32.2. The molecule has 1 N–H and O–H groups in total. The fourth-order valence-electron chi connectivity index (χ4n) is 1.70. The summed E-state index contributed by atoms with van der Waals surface area (Å²) in [7, 11) is -0.0114. The van der Waals surface area contributed by atoms with Gasteiger partial charge in [0, 0.05) is 20.1 Å². The maximum Gasteiger partial charge on any atom is 0.242 e. The van der Waals surface area contributed by atoms with Crippen molar-refractivity contribution in [2.45, 2.75) is 31.4 Å². The van der Waals surface area contributed by atoms with Gasteiger partial charge in [-0.15, -0.1) is 0 Å². The molecule has 114 valence electrons. The standard InChI is InChI=1S/C14H24N2O3S/c1-12(2)19-10-9-16(4)20(17,18)14-7-5-13(6-8-14)11-15-3/h5-8,12,15H,9-11H2,1-4H3. The molecule has 0 spiro atoms. The van der Waals surface area contributed by atoms with E-state index in [9.17, 15) is 8.42 Å². The topological polar surface area (TPSA) is 58.6 Å². The Morgan fingerprint density at radius 2 is 1.85 bits per heavy atom. The minimum atomic E-state index is -3.44. The van der Waals surface area contributed by atoms with Gasteiger partial charge in [-0.05, 0) is 38.6 Å². The van der Waals surface area contributed by atoms with Crippen molar-refractivity contribution in [3.8, 4) is 0 Å². The molecule has 0 atom stereocenters. The van der Waals surface area contributed by atoms with Crippen molar-refractivity contribution >= 4 is 10.0 Å². The highest BCUT2D eigenvalue weighted by molar-refractivity contribution is 7.89. The van der Waals surface area contributed by atoms with Crippen LogP contribution in [0.25, 0.3) is 0 Å². The Bertz CT molecular complexity index is 498. The Labute approximate surface area is 122 Å². The summed E-state index contributed by atoms with van der Waals surface area (Å²) in [6.07, 6.45) is 0.104. The quantitative estimate of drug-likeness (QED) is 0.789. The number of nitrogens with one attached hydrogen (secondary N) is 1. The van der Waals surface area contributed by atoms with Crippen molar-refractivity contribution in [2.75, 3.05) is 27.2 Å². The molecule has 0 aliphatic carbocycles. The second-order valence-corrected chi connectivity index (χ2v) is 6.97. The molecule has 6 heteroatoms. The second kappa shape index (κ2) is 7.73. The summed E-state index contributed by atoms with van der Waals surface area (Å²) in [5, 5.41) is 3.03. The lowest BCUT2D eigenvalue weighted by Gasteiger charge is -2.18. The van der Waals surface area contributed by atoms with Gasteiger partial charge in [-0.25, -0.2) is 8.42 Å². The molecule has 0 aromatic heterocycles. The molecule has 1 aromatic carbocycles. The average Bonchev–Trinajstić information content (AvgIpc) is 2.39. The number of sulfonamides is 1. The van der Waals surface area contributed by atoms with Gasteiger partial charge in [0.2, 0.25) is 10.0 Å². The smallest absolute Gasteiger partial charge is 0.242 e. The maximum atomic E-state index is 12.3. The number of hydrogen-bond acceptors (Lipinski definition) is 4. The van der Waals surface area contributed by atoms with Crippen molar-refractivity contribution in [2.24, 2.45) is 0 Å². The fraction of sp³-hybridized carbons (Fsp3) is 0.571. The predicted octanol–water partition coefficient (Wildman–Crippen LogP) is 1.45. The minimum Gasteiger partial charge on any atom is -0.377 e. The Hall–Kier alpha value is -0.950. The number of ether oxygens (including phenoxy) is 1. The van der Waals surface area contributed by atoms with E-state index in [0.29, 0.717) is 18.0 Å². The first kappa shape index (κ1) is 17.1. The van der Waals surface area contributed by atoms with Crippen molar-refractivity contribution in [1.29, 1.82) is 0 Å².